The van der Waals surface area contributed by atoms with Crippen LogP contribution in [-0.4, -0.2) is 36.6 Å². The van der Waals surface area contributed by atoms with Crippen LogP contribution in [0.2, 0.25) is 0 Å². The fraction of sp³-hybridized carbons (Fsp3) is 0.385. The van der Waals surface area contributed by atoms with Gasteiger partial charge in [0.05, 0.1) is 6.61 Å². The molecule has 0 aliphatic carbocycles. The molecule has 1 rings (SSSR count). The number of nitrogens with zero attached hydrogens (tertiary/aromatic N) is 2. The molecule has 0 radical (unpaired) electrons. The molecule has 4 heteroatoms. The third kappa shape index (κ3) is 5.14. The maximum absolute atomic E-state index is 11.1. The SMILES string of the molecule is CCOC(=O)C#Cc1cncc(CN(C)C)c1. The molecule has 4 nitrogen and oxygen atoms in total. The quantitative estimate of drug-likeness (QED) is 0.577. The van der Waals surface area contributed by atoms with Gasteiger partial charge in [0.15, 0.2) is 0 Å². The van der Waals surface area contributed by atoms with Gasteiger partial charge in [0.25, 0.3) is 0 Å². The van der Waals surface area contributed by atoms with Gasteiger partial charge < -0.3 is 9.64 Å². The van der Waals surface area contributed by atoms with Crippen molar-refractivity contribution in [3.63, 3.8) is 0 Å². The number of hydrogen-bond donors (Lipinski definition) is 0. The topological polar surface area (TPSA) is 42.4 Å². The first kappa shape index (κ1) is 13.2. The van der Waals surface area contributed by atoms with E-state index in [1.165, 1.54) is 0 Å². The molecule has 0 saturated heterocycles. The largest absolute Gasteiger partial charge is 0.456 e. The minimum absolute atomic E-state index is 0.340. The molecule has 0 unspecified atom stereocenters. The molecule has 0 N–H and O–H groups in total. The zero-order valence-corrected chi connectivity index (χ0v) is 10.4. The number of carbonyl (C=O) groups excluding carboxylic acids is 1. The van der Waals surface area contributed by atoms with E-state index in [0.29, 0.717) is 6.61 Å². The van der Waals surface area contributed by atoms with Crippen molar-refractivity contribution in [1.29, 1.82) is 0 Å². The van der Waals surface area contributed by atoms with Crippen molar-refractivity contribution in [3.05, 3.63) is 29.6 Å². The first-order valence-corrected chi connectivity index (χ1v) is 5.39. The maximum atomic E-state index is 11.1. The van der Waals surface area contributed by atoms with Crippen LogP contribution in [0.3, 0.4) is 0 Å². The predicted octanol–water partition coefficient (Wildman–Crippen LogP) is 1.06. The molecular formula is C13H16N2O2. The van der Waals surface area contributed by atoms with E-state index in [-0.39, 0.29) is 0 Å². The van der Waals surface area contributed by atoms with Gasteiger partial charge >= 0.3 is 5.97 Å². The highest BCUT2D eigenvalue weighted by Crippen LogP contribution is 2.03. The van der Waals surface area contributed by atoms with Gasteiger partial charge in [-0.2, -0.15) is 0 Å². The van der Waals surface area contributed by atoms with Crippen LogP contribution in [-0.2, 0) is 16.1 Å². The number of ether oxygens (including phenoxy) is 1. The fourth-order valence-corrected chi connectivity index (χ4v) is 1.30. The molecule has 0 spiro atoms. The average molecular weight is 232 g/mol. The molecule has 1 aromatic rings. The summed E-state index contributed by atoms with van der Waals surface area (Å²) < 4.78 is 4.72. The summed E-state index contributed by atoms with van der Waals surface area (Å²) in [6, 6.07) is 1.92. The van der Waals surface area contributed by atoms with E-state index in [1.54, 1.807) is 19.3 Å². The summed E-state index contributed by atoms with van der Waals surface area (Å²) in [6.07, 6.45) is 3.42. The lowest BCUT2D eigenvalue weighted by Gasteiger charge is -2.08. The van der Waals surface area contributed by atoms with Crippen LogP contribution in [0.5, 0.6) is 0 Å². The lowest BCUT2D eigenvalue weighted by Crippen LogP contribution is -2.10. The zero-order valence-electron chi connectivity index (χ0n) is 10.4. The van der Waals surface area contributed by atoms with Crippen molar-refractivity contribution >= 4 is 5.97 Å². The van der Waals surface area contributed by atoms with Gasteiger partial charge in [-0.1, -0.05) is 5.92 Å². The van der Waals surface area contributed by atoms with Crippen LogP contribution in [0.4, 0.5) is 0 Å². The first-order valence-electron chi connectivity index (χ1n) is 5.39. The number of rotatable bonds is 3. The molecule has 1 aromatic heterocycles. The van der Waals surface area contributed by atoms with Crippen LogP contribution < -0.4 is 0 Å². The summed E-state index contributed by atoms with van der Waals surface area (Å²) >= 11 is 0. The van der Waals surface area contributed by atoms with Crippen LogP contribution in [0, 0.1) is 11.8 Å². The zero-order chi connectivity index (χ0) is 12.7. The fourth-order valence-electron chi connectivity index (χ4n) is 1.30. The van der Waals surface area contributed by atoms with Gasteiger partial charge in [-0.05, 0) is 32.6 Å². The minimum atomic E-state index is -0.509. The Hall–Kier alpha value is -1.86. The normalized spacial score (nSPS) is 9.65. The van der Waals surface area contributed by atoms with Crippen LogP contribution >= 0.6 is 0 Å². The van der Waals surface area contributed by atoms with Gasteiger partial charge in [-0.3, -0.25) is 4.98 Å². The molecule has 0 aromatic carbocycles. The second kappa shape index (κ2) is 6.66. The van der Waals surface area contributed by atoms with Gasteiger partial charge in [0, 0.05) is 30.4 Å². The van der Waals surface area contributed by atoms with Crippen molar-refractivity contribution in [2.45, 2.75) is 13.5 Å². The maximum Gasteiger partial charge on any atom is 0.384 e. The molecular weight excluding hydrogens is 216 g/mol. The monoisotopic (exact) mass is 232 g/mol. The smallest absolute Gasteiger partial charge is 0.384 e. The Morgan fingerprint density at radius 1 is 1.47 bits per heavy atom. The second-order valence-corrected chi connectivity index (χ2v) is 3.79. The Balaban J connectivity index is 2.74. The standard InChI is InChI=1S/C13H16N2O2/c1-4-17-13(16)6-5-11-7-12(9-14-8-11)10-15(2)3/h7-9H,4,10H2,1-3H3. The molecule has 0 saturated carbocycles. The summed E-state index contributed by atoms with van der Waals surface area (Å²) in [5.41, 5.74) is 1.78. The van der Waals surface area contributed by atoms with Crippen molar-refractivity contribution in [3.8, 4) is 11.8 Å². The van der Waals surface area contributed by atoms with E-state index in [0.717, 1.165) is 17.7 Å². The average Bonchev–Trinajstić information content (AvgIpc) is 2.26. The third-order valence-electron chi connectivity index (χ3n) is 1.88. The van der Waals surface area contributed by atoms with Crippen LogP contribution in [0.25, 0.3) is 0 Å². The summed E-state index contributed by atoms with van der Waals surface area (Å²) in [6.45, 7) is 2.88. The Bertz CT molecular complexity index is 444. The molecule has 0 atom stereocenters. The van der Waals surface area contributed by atoms with Crippen molar-refractivity contribution in [2.75, 3.05) is 20.7 Å². The lowest BCUT2D eigenvalue weighted by molar-refractivity contribution is -0.136. The second-order valence-electron chi connectivity index (χ2n) is 3.79. The lowest BCUT2D eigenvalue weighted by atomic mass is 10.2. The van der Waals surface area contributed by atoms with E-state index in [4.69, 9.17) is 4.74 Å². The van der Waals surface area contributed by atoms with Crippen molar-refractivity contribution in [2.24, 2.45) is 0 Å². The molecule has 0 bridgehead atoms. The third-order valence-corrected chi connectivity index (χ3v) is 1.88. The molecule has 0 aliphatic rings. The molecule has 0 aliphatic heterocycles. The van der Waals surface area contributed by atoms with E-state index >= 15 is 0 Å². The first-order chi connectivity index (χ1) is 8.11. The Kier molecular flexibility index (Phi) is 5.18. The van der Waals surface area contributed by atoms with Crippen LogP contribution in [0.1, 0.15) is 18.1 Å². The van der Waals surface area contributed by atoms with Gasteiger partial charge in [0.2, 0.25) is 0 Å². The van der Waals surface area contributed by atoms with Gasteiger partial charge in [-0.25, -0.2) is 4.79 Å². The molecule has 0 amide bonds. The number of esters is 1. The number of aromatic nitrogens is 1. The molecule has 17 heavy (non-hydrogen) atoms. The van der Waals surface area contributed by atoms with E-state index in [1.807, 2.05) is 25.1 Å². The summed E-state index contributed by atoms with van der Waals surface area (Å²) in [7, 11) is 3.97. The van der Waals surface area contributed by atoms with E-state index in [2.05, 4.69) is 16.8 Å². The Morgan fingerprint density at radius 2 is 2.24 bits per heavy atom. The van der Waals surface area contributed by atoms with E-state index in [9.17, 15) is 4.79 Å². The molecule has 1 heterocycles. The summed E-state index contributed by atoms with van der Waals surface area (Å²) in [4.78, 5) is 17.2. The highest BCUT2D eigenvalue weighted by molar-refractivity contribution is 5.89. The van der Waals surface area contributed by atoms with Gasteiger partial charge in [0.1, 0.15) is 0 Å². The summed E-state index contributed by atoms with van der Waals surface area (Å²) in [5.74, 6) is 4.64. The predicted molar refractivity (Wildman–Crippen MR) is 65.1 cm³/mol. The summed E-state index contributed by atoms with van der Waals surface area (Å²) in [5, 5.41) is 0. The molecule has 0 fully saturated rings. The Morgan fingerprint density at radius 3 is 2.88 bits per heavy atom. The van der Waals surface area contributed by atoms with Gasteiger partial charge in [-0.15, -0.1) is 0 Å². The van der Waals surface area contributed by atoms with Crippen LogP contribution in [0.15, 0.2) is 18.5 Å². The Labute approximate surface area is 102 Å². The minimum Gasteiger partial charge on any atom is -0.456 e. The number of carbonyl (C=O) groups is 1. The van der Waals surface area contributed by atoms with Crippen molar-refractivity contribution in [1.82, 2.24) is 9.88 Å². The number of hydrogen-bond acceptors (Lipinski definition) is 4. The highest BCUT2D eigenvalue weighted by atomic mass is 16.5. The molecule has 90 valence electrons. The van der Waals surface area contributed by atoms with E-state index < -0.39 is 5.97 Å². The number of pyridine rings is 1. The van der Waals surface area contributed by atoms with Crippen molar-refractivity contribution < 1.29 is 9.53 Å². The highest BCUT2D eigenvalue weighted by Gasteiger charge is 1.97.